The predicted molar refractivity (Wildman–Crippen MR) is 263 cm³/mol. The van der Waals surface area contributed by atoms with Crippen molar-refractivity contribution in [3.05, 3.63) is 133 Å². The van der Waals surface area contributed by atoms with Crippen molar-refractivity contribution in [2.75, 3.05) is 52.4 Å². The fourth-order valence-electron chi connectivity index (χ4n) is 7.93. The average Bonchev–Trinajstić information content (AvgIpc) is 4.09. The molecule has 2 aromatic carbocycles. The number of nitrogens with one attached hydrogen (secondary N) is 1. The molecule has 8 heterocycles. The summed E-state index contributed by atoms with van der Waals surface area (Å²) in [4.78, 5) is 86.0. The van der Waals surface area contributed by atoms with Crippen LogP contribution in [0.5, 0.6) is 0 Å². The maximum atomic E-state index is 13.3. The topological polar surface area (TPSA) is 211 Å². The molecule has 10 rings (SSSR count). The van der Waals surface area contributed by atoms with Gasteiger partial charge < -0.3 is 24.8 Å². The number of piperazine rings is 2. The number of ether oxygens (including phenoxy) is 1. The van der Waals surface area contributed by atoms with Gasteiger partial charge in [-0.15, -0.1) is 0 Å². The largest absolute Gasteiger partial charge is 0.446 e. The molecule has 0 bridgehead atoms. The number of imidazole rings is 2. The minimum absolute atomic E-state index is 0.0172. The fraction of sp³-hybridized carbons (Fsp3) is 0.294. The van der Waals surface area contributed by atoms with Crippen molar-refractivity contribution in [2.24, 2.45) is 0 Å². The van der Waals surface area contributed by atoms with Gasteiger partial charge in [-0.3, -0.25) is 23.2 Å². The van der Waals surface area contributed by atoms with E-state index < -0.39 is 30.9 Å². The number of carbonyl (C=O) groups excluding carboxylic acids is 4. The highest BCUT2D eigenvalue weighted by atomic mass is 19.4. The molecule has 0 aliphatic carbocycles. The molecule has 6 aromatic heterocycles. The van der Waals surface area contributed by atoms with Crippen LogP contribution < -0.4 is 5.32 Å². The van der Waals surface area contributed by atoms with Gasteiger partial charge in [0.1, 0.15) is 28.4 Å². The number of alkyl halides is 7. The van der Waals surface area contributed by atoms with E-state index in [0.29, 0.717) is 102 Å². The minimum atomic E-state index is -4.64. The molecule has 19 nitrogen and oxygen atoms in total. The van der Waals surface area contributed by atoms with Crippen LogP contribution in [0.3, 0.4) is 0 Å². The minimum Gasteiger partial charge on any atom is -0.444 e. The Kier molecular flexibility index (Phi) is 16.5. The van der Waals surface area contributed by atoms with Crippen molar-refractivity contribution in [1.29, 1.82) is 0 Å². The van der Waals surface area contributed by atoms with Crippen molar-refractivity contribution < 1.29 is 54.6 Å². The quantitative estimate of drug-likeness (QED) is 0.113. The number of benzene rings is 2. The normalized spacial score (nSPS) is 14.0. The zero-order valence-electron chi connectivity index (χ0n) is 41.3. The second-order valence-corrected chi connectivity index (χ2v) is 18.1. The Labute approximate surface area is 433 Å². The Morgan fingerprint density at radius 2 is 1.03 bits per heavy atom. The fourth-order valence-corrected chi connectivity index (χ4v) is 7.93. The van der Waals surface area contributed by atoms with E-state index in [1.54, 1.807) is 58.6 Å². The van der Waals surface area contributed by atoms with E-state index in [1.165, 1.54) is 46.0 Å². The number of hydrogen-bond donors (Lipinski definition) is 1. The molecular formula is C51H47F7N14O5. The lowest BCUT2D eigenvalue weighted by Gasteiger charge is -2.35. The number of carbonyl (C=O) groups is 4. The molecular weight excluding hydrogens is 1020 g/mol. The van der Waals surface area contributed by atoms with Gasteiger partial charge in [0.15, 0.2) is 22.9 Å². The van der Waals surface area contributed by atoms with Crippen molar-refractivity contribution in [3.8, 4) is 45.6 Å². The summed E-state index contributed by atoms with van der Waals surface area (Å²) in [5, 5.41) is 3.24. The standard InChI is InChI=1S/C27H27F2N7O3.C22H19F2N7O.C2HF3O/c1-27(2,3)39-26(38)35-11-9-34(10-12-35)25(37)18-6-4-5-17(13-18)19-7-8-30-24(33-19)21-14-32-22-15-31-20(23(28)29)16-36(21)22;23-20(24)17-13-31-18(11-28-19(31)12-27-17)21-26-5-4-16(29-21)14-2-1-3-15(10-14)22(32)30-8-6-25-7-9-30;3-2(4,5)1-6/h4-8,13-16,23H,9-12H2,1-3H3;1-5,10-13,20,25H,6-9H2;1H. The van der Waals surface area contributed by atoms with E-state index in [1.807, 2.05) is 49.9 Å². The molecule has 77 heavy (non-hydrogen) atoms. The Hall–Kier alpha value is -8.81. The maximum Gasteiger partial charge on any atom is 0.446 e. The van der Waals surface area contributed by atoms with Crippen molar-refractivity contribution in [2.45, 2.75) is 45.4 Å². The molecule has 8 aromatic rings. The highest BCUT2D eigenvalue weighted by molar-refractivity contribution is 5.96. The molecule has 0 spiro atoms. The van der Waals surface area contributed by atoms with Crippen LogP contribution in [0, 0.1) is 0 Å². The number of aldehydes is 1. The van der Waals surface area contributed by atoms with Gasteiger partial charge in [-0.25, -0.2) is 62.2 Å². The highest BCUT2D eigenvalue weighted by Gasteiger charge is 2.29. The molecule has 400 valence electrons. The number of amides is 3. The monoisotopic (exact) mass is 1070 g/mol. The summed E-state index contributed by atoms with van der Waals surface area (Å²) in [6.45, 7) is 9.91. The molecule has 1 N–H and O–H groups in total. The first kappa shape index (κ1) is 54.5. The first-order valence-electron chi connectivity index (χ1n) is 23.7. The summed E-state index contributed by atoms with van der Waals surface area (Å²) in [6, 6.07) is 17.8. The van der Waals surface area contributed by atoms with Gasteiger partial charge >= 0.3 is 12.3 Å². The van der Waals surface area contributed by atoms with Gasteiger partial charge in [-0.2, -0.15) is 13.2 Å². The lowest BCUT2D eigenvalue weighted by atomic mass is 10.1. The third-order valence-electron chi connectivity index (χ3n) is 11.6. The summed E-state index contributed by atoms with van der Waals surface area (Å²) in [5.74, 6) is 0.460. The van der Waals surface area contributed by atoms with Gasteiger partial charge in [-0.05, 0) is 57.2 Å². The molecule has 26 heteroatoms. The van der Waals surface area contributed by atoms with E-state index in [0.717, 1.165) is 18.7 Å². The molecule has 2 fully saturated rings. The SMILES string of the molecule is CC(C)(C)OC(=O)N1CCN(C(=O)c2cccc(-c3ccnc(-c4cnc5cnc(C(F)F)cn45)n3)c2)CC1.O=C(c1cccc(-c2ccnc(-c3cnc4cnc(C(F)F)cn34)n2)c1)N1CCNCC1.O=CC(F)(F)F. The Bertz CT molecular complexity index is 3410. The highest BCUT2D eigenvalue weighted by Crippen LogP contribution is 2.27. The average molecular weight is 1070 g/mol. The van der Waals surface area contributed by atoms with E-state index in [2.05, 4.69) is 45.2 Å². The summed E-state index contributed by atoms with van der Waals surface area (Å²) < 4.78 is 92.2. The lowest BCUT2D eigenvalue weighted by molar-refractivity contribution is -0.156. The Morgan fingerprint density at radius 3 is 1.44 bits per heavy atom. The molecule has 0 saturated carbocycles. The molecule has 2 saturated heterocycles. The van der Waals surface area contributed by atoms with Crippen molar-refractivity contribution in [1.82, 2.24) is 68.7 Å². The van der Waals surface area contributed by atoms with Gasteiger partial charge in [0.05, 0.1) is 36.2 Å². The maximum absolute atomic E-state index is 13.3. The molecule has 0 unspecified atom stereocenters. The summed E-state index contributed by atoms with van der Waals surface area (Å²) in [7, 11) is 0. The van der Waals surface area contributed by atoms with E-state index in [-0.39, 0.29) is 29.3 Å². The second kappa shape index (κ2) is 23.4. The van der Waals surface area contributed by atoms with Crippen molar-refractivity contribution >= 4 is 35.5 Å². The zero-order chi connectivity index (χ0) is 55.0. The van der Waals surface area contributed by atoms with Gasteiger partial charge in [0.2, 0.25) is 6.29 Å². The van der Waals surface area contributed by atoms with E-state index in [9.17, 15) is 45.1 Å². The van der Waals surface area contributed by atoms with Gasteiger partial charge in [-0.1, -0.05) is 24.3 Å². The van der Waals surface area contributed by atoms with Gasteiger partial charge in [0, 0.05) is 99.4 Å². The van der Waals surface area contributed by atoms with Crippen LogP contribution in [0.4, 0.5) is 35.5 Å². The summed E-state index contributed by atoms with van der Waals surface area (Å²) >= 11 is 0. The van der Waals surface area contributed by atoms with Crippen LogP contribution in [0.2, 0.25) is 0 Å². The number of halogens is 7. The van der Waals surface area contributed by atoms with Crippen molar-refractivity contribution in [3.63, 3.8) is 0 Å². The predicted octanol–water partition coefficient (Wildman–Crippen LogP) is 8.07. The van der Waals surface area contributed by atoms with Crippen LogP contribution in [0.1, 0.15) is 65.7 Å². The van der Waals surface area contributed by atoms with Crippen LogP contribution in [0.15, 0.2) is 110 Å². The second-order valence-electron chi connectivity index (χ2n) is 18.1. The first-order valence-corrected chi connectivity index (χ1v) is 23.7. The number of rotatable bonds is 8. The third-order valence-corrected chi connectivity index (χ3v) is 11.6. The summed E-state index contributed by atoms with van der Waals surface area (Å²) in [6.07, 6.45) is -0.291. The van der Waals surface area contributed by atoms with E-state index in [4.69, 9.17) is 9.53 Å². The number of hydrogen-bond acceptors (Lipinski definition) is 14. The smallest absolute Gasteiger partial charge is 0.444 e. The third kappa shape index (κ3) is 13.5. The Balaban J connectivity index is 0.000000187. The van der Waals surface area contributed by atoms with Crippen LogP contribution >= 0.6 is 0 Å². The lowest BCUT2D eigenvalue weighted by Crippen LogP contribution is -2.51. The van der Waals surface area contributed by atoms with Gasteiger partial charge in [0.25, 0.3) is 24.7 Å². The number of fused-ring (bicyclic) bond motifs is 2. The Morgan fingerprint density at radius 1 is 0.597 bits per heavy atom. The molecule has 2 aliphatic rings. The first-order chi connectivity index (χ1) is 36.7. The molecule has 0 radical (unpaired) electrons. The zero-order valence-corrected chi connectivity index (χ0v) is 41.3. The van der Waals surface area contributed by atoms with Crippen LogP contribution in [0.25, 0.3) is 56.8 Å². The van der Waals surface area contributed by atoms with E-state index >= 15 is 0 Å². The summed E-state index contributed by atoms with van der Waals surface area (Å²) in [5.41, 5.74) is 4.11. The molecule has 0 atom stereocenters. The molecule has 2 aliphatic heterocycles. The number of aromatic nitrogens is 10. The van der Waals surface area contributed by atoms with Crippen LogP contribution in [-0.4, -0.2) is 152 Å². The van der Waals surface area contributed by atoms with Crippen LogP contribution in [-0.2, 0) is 9.53 Å². The number of nitrogens with zero attached hydrogens (tertiary/aromatic N) is 13. The molecule has 3 amide bonds.